The van der Waals surface area contributed by atoms with Crippen molar-refractivity contribution in [1.29, 1.82) is 0 Å². The molecule has 0 spiro atoms. The number of halogens is 1. The lowest BCUT2D eigenvalue weighted by Gasteiger charge is -2.17. The van der Waals surface area contributed by atoms with E-state index in [1.165, 1.54) is 0 Å². The average Bonchev–Trinajstić information content (AvgIpc) is 2.38. The zero-order valence-electron chi connectivity index (χ0n) is 11.4. The van der Waals surface area contributed by atoms with E-state index in [1.54, 1.807) is 18.1 Å². The number of nitrogens with zero attached hydrogens (tertiary/aromatic N) is 3. The molecule has 0 atom stereocenters. The minimum Gasteiger partial charge on any atom is -0.303 e. The summed E-state index contributed by atoms with van der Waals surface area (Å²) in [6.07, 6.45) is 3.57. The standard InChI is InChI=1S/C13H22ClN3S/c1-4-7-11-12(14)15-10-16-13(11)18-9-8-17(5-2)6-3/h10H,4-9H2,1-3H3. The Morgan fingerprint density at radius 2 is 1.94 bits per heavy atom. The molecule has 0 aliphatic rings. The van der Waals surface area contributed by atoms with E-state index >= 15 is 0 Å². The van der Waals surface area contributed by atoms with Gasteiger partial charge in [-0.15, -0.1) is 11.8 Å². The molecule has 5 heteroatoms. The van der Waals surface area contributed by atoms with Gasteiger partial charge < -0.3 is 4.90 Å². The maximum atomic E-state index is 6.13. The van der Waals surface area contributed by atoms with Crippen molar-refractivity contribution >= 4 is 23.4 Å². The Hall–Kier alpha value is -0.320. The molecule has 0 aliphatic carbocycles. The van der Waals surface area contributed by atoms with Gasteiger partial charge >= 0.3 is 0 Å². The van der Waals surface area contributed by atoms with Crippen molar-refractivity contribution in [3.63, 3.8) is 0 Å². The van der Waals surface area contributed by atoms with Crippen LogP contribution in [0.1, 0.15) is 32.8 Å². The van der Waals surface area contributed by atoms with E-state index in [-0.39, 0.29) is 0 Å². The summed E-state index contributed by atoms with van der Waals surface area (Å²) in [7, 11) is 0. The number of hydrogen-bond donors (Lipinski definition) is 0. The zero-order chi connectivity index (χ0) is 13.4. The van der Waals surface area contributed by atoms with E-state index in [0.29, 0.717) is 5.15 Å². The third kappa shape index (κ3) is 4.75. The van der Waals surface area contributed by atoms with Gasteiger partial charge in [-0.1, -0.05) is 38.8 Å². The van der Waals surface area contributed by atoms with Crippen molar-refractivity contribution in [2.75, 3.05) is 25.4 Å². The highest BCUT2D eigenvalue weighted by Gasteiger charge is 2.10. The van der Waals surface area contributed by atoms with Crippen LogP contribution in [0.25, 0.3) is 0 Å². The summed E-state index contributed by atoms with van der Waals surface area (Å²) in [6, 6.07) is 0. The van der Waals surface area contributed by atoms with Crippen LogP contribution in [0.15, 0.2) is 11.4 Å². The van der Waals surface area contributed by atoms with Crippen molar-refractivity contribution in [3.05, 3.63) is 17.0 Å². The Bertz CT molecular complexity index is 356. The van der Waals surface area contributed by atoms with E-state index in [9.17, 15) is 0 Å². The van der Waals surface area contributed by atoms with Gasteiger partial charge in [0.25, 0.3) is 0 Å². The molecule has 0 saturated heterocycles. The highest BCUT2D eigenvalue weighted by Crippen LogP contribution is 2.25. The second-order valence-corrected chi connectivity index (χ2v) is 5.52. The van der Waals surface area contributed by atoms with Gasteiger partial charge in [-0.2, -0.15) is 0 Å². The lowest BCUT2D eigenvalue weighted by atomic mass is 10.2. The fraction of sp³-hybridized carbons (Fsp3) is 0.692. The second kappa shape index (κ2) is 8.73. The van der Waals surface area contributed by atoms with Crippen LogP contribution in [0.3, 0.4) is 0 Å². The molecule has 102 valence electrons. The molecule has 0 aliphatic heterocycles. The van der Waals surface area contributed by atoms with Gasteiger partial charge in [-0.25, -0.2) is 9.97 Å². The Morgan fingerprint density at radius 1 is 1.22 bits per heavy atom. The van der Waals surface area contributed by atoms with Gasteiger partial charge in [0.2, 0.25) is 0 Å². The Labute approximate surface area is 119 Å². The molecular formula is C13H22ClN3S. The van der Waals surface area contributed by atoms with E-state index in [0.717, 1.165) is 48.8 Å². The normalized spacial score (nSPS) is 11.2. The van der Waals surface area contributed by atoms with Crippen LogP contribution < -0.4 is 0 Å². The van der Waals surface area contributed by atoms with Crippen molar-refractivity contribution in [2.24, 2.45) is 0 Å². The highest BCUT2D eigenvalue weighted by atomic mass is 35.5. The van der Waals surface area contributed by atoms with Crippen molar-refractivity contribution in [2.45, 2.75) is 38.6 Å². The summed E-state index contributed by atoms with van der Waals surface area (Å²) >= 11 is 7.91. The van der Waals surface area contributed by atoms with Crippen LogP contribution in [-0.4, -0.2) is 40.3 Å². The molecule has 0 aromatic carbocycles. The number of aromatic nitrogens is 2. The molecular weight excluding hydrogens is 266 g/mol. The topological polar surface area (TPSA) is 29.0 Å². The third-order valence-electron chi connectivity index (χ3n) is 2.89. The SMILES string of the molecule is CCCc1c(Cl)ncnc1SCCN(CC)CC. The van der Waals surface area contributed by atoms with E-state index < -0.39 is 0 Å². The molecule has 1 heterocycles. The lowest BCUT2D eigenvalue weighted by Crippen LogP contribution is -2.25. The lowest BCUT2D eigenvalue weighted by molar-refractivity contribution is 0.324. The molecule has 1 aromatic rings. The minimum absolute atomic E-state index is 0.609. The van der Waals surface area contributed by atoms with Crippen LogP contribution in [0.2, 0.25) is 5.15 Å². The van der Waals surface area contributed by atoms with E-state index in [1.807, 2.05) is 0 Å². The molecule has 0 saturated carbocycles. The highest BCUT2D eigenvalue weighted by molar-refractivity contribution is 7.99. The quantitative estimate of drug-likeness (QED) is 0.540. The van der Waals surface area contributed by atoms with Crippen molar-refractivity contribution < 1.29 is 0 Å². The summed E-state index contributed by atoms with van der Waals surface area (Å²) in [5, 5.41) is 1.65. The van der Waals surface area contributed by atoms with Crippen molar-refractivity contribution in [3.8, 4) is 0 Å². The van der Waals surface area contributed by atoms with Crippen LogP contribution in [0, 0.1) is 0 Å². The second-order valence-electron chi connectivity index (χ2n) is 4.07. The molecule has 3 nitrogen and oxygen atoms in total. The van der Waals surface area contributed by atoms with Crippen LogP contribution in [0.5, 0.6) is 0 Å². The van der Waals surface area contributed by atoms with Gasteiger partial charge in [0.1, 0.15) is 16.5 Å². The molecule has 1 rings (SSSR count). The molecule has 0 bridgehead atoms. The predicted octanol–water partition coefficient (Wildman–Crippen LogP) is 3.52. The molecule has 0 amide bonds. The van der Waals surface area contributed by atoms with Crippen LogP contribution in [0.4, 0.5) is 0 Å². The minimum atomic E-state index is 0.609. The maximum Gasteiger partial charge on any atom is 0.136 e. The summed E-state index contributed by atoms with van der Waals surface area (Å²) in [6.45, 7) is 9.82. The van der Waals surface area contributed by atoms with Gasteiger partial charge in [-0.05, 0) is 19.5 Å². The van der Waals surface area contributed by atoms with Gasteiger partial charge in [0, 0.05) is 17.9 Å². The van der Waals surface area contributed by atoms with Crippen LogP contribution >= 0.6 is 23.4 Å². The Balaban J connectivity index is 2.58. The molecule has 0 fully saturated rings. The first-order valence-corrected chi connectivity index (χ1v) is 7.93. The average molecular weight is 288 g/mol. The fourth-order valence-electron chi connectivity index (χ4n) is 1.77. The molecule has 1 aromatic heterocycles. The smallest absolute Gasteiger partial charge is 0.136 e. The van der Waals surface area contributed by atoms with Gasteiger partial charge in [0.05, 0.1) is 0 Å². The Morgan fingerprint density at radius 3 is 2.56 bits per heavy atom. The first kappa shape index (κ1) is 15.7. The third-order valence-corrected chi connectivity index (χ3v) is 4.23. The zero-order valence-corrected chi connectivity index (χ0v) is 13.0. The molecule has 0 unspecified atom stereocenters. The summed E-state index contributed by atoms with van der Waals surface area (Å²) in [4.78, 5) is 10.8. The first-order chi connectivity index (χ1) is 8.72. The van der Waals surface area contributed by atoms with Gasteiger partial charge in [0.15, 0.2) is 0 Å². The Kier molecular flexibility index (Phi) is 7.63. The van der Waals surface area contributed by atoms with Crippen molar-refractivity contribution in [1.82, 2.24) is 14.9 Å². The molecule has 0 N–H and O–H groups in total. The fourth-order valence-corrected chi connectivity index (χ4v) is 3.09. The monoisotopic (exact) mass is 287 g/mol. The molecule has 0 radical (unpaired) electrons. The number of rotatable bonds is 8. The summed E-state index contributed by atoms with van der Waals surface area (Å²) < 4.78 is 0. The summed E-state index contributed by atoms with van der Waals surface area (Å²) in [5.41, 5.74) is 1.10. The largest absolute Gasteiger partial charge is 0.303 e. The predicted molar refractivity (Wildman–Crippen MR) is 79.5 cm³/mol. The van der Waals surface area contributed by atoms with Gasteiger partial charge in [-0.3, -0.25) is 0 Å². The number of hydrogen-bond acceptors (Lipinski definition) is 4. The maximum absolute atomic E-state index is 6.13. The van der Waals surface area contributed by atoms with E-state index in [2.05, 4.69) is 35.6 Å². The first-order valence-electron chi connectivity index (χ1n) is 6.57. The van der Waals surface area contributed by atoms with E-state index in [4.69, 9.17) is 11.6 Å². The molecule has 18 heavy (non-hydrogen) atoms. The van der Waals surface area contributed by atoms with Crippen LogP contribution in [-0.2, 0) is 6.42 Å². The number of thioether (sulfide) groups is 1. The summed E-state index contributed by atoms with van der Waals surface area (Å²) in [5.74, 6) is 1.05.